The lowest BCUT2D eigenvalue weighted by molar-refractivity contribution is -0.152. The van der Waals surface area contributed by atoms with Crippen molar-refractivity contribution in [2.75, 3.05) is 0 Å². The third-order valence-electron chi connectivity index (χ3n) is 4.12. The number of carboxylic acids is 1. The van der Waals surface area contributed by atoms with Crippen molar-refractivity contribution in [1.82, 2.24) is 0 Å². The van der Waals surface area contributed by atoms with Gasteiger partial charge in [0.15, 0.2) is 11.4 Å². The molecule has 4 heteroatoms. The highest BCUT2D eigenvalue weighted by atomic mass is 16.5. The van der Waals surface area contributed by atoms with E-state index in [2.05, 4.69) is 0 Å². The molecule has 2 aromatic carbocycles. The zero-order chi connectivity index (χ0) is 19.5. The summed E-state index contributed by atoms with van der Waals surface area (Å²) in [6.45, 7) is 8.73. The smallest absolute Gasteiger partial charge is 0.347 e. The topological polar surface area (TPSA) is 63.6 Å². The fourth-order valence-corrected chi connectivity index (χ4v) is 2.53. The average Bonchev–Trinajstić information content (AvgIpc) is 2.56. The molecule has 0 atom stereocenters. The Hall–Kier alpha value is -2.88. The maximum Gasteiger partial charge on any atom is 0.347 e. The van der Waals surface area contributed by atoms with Gasteiger partial charge in [0, 0.05) is 5.56 Å². The van der Waals surface area contributed by atoms with Gasteiger partial charge in [-0.3, -0.25) is 4.79 Å². The van der Waals surface area contributed by atoms with Crippen LogP contribution in [0.3, 0.4) is 0 Å². The summed E-state index contributed by atoms with van der Waals surface area (Å²) < 4.78 is 5.70. The fraction of sp³-hybridized carbons (Fsp3) is 0.273. The summed E-state index contributed by atoms with van der Waals surface area (Å²) in [5.74, 6) is -0.531. The summed E-state index contributed by atoms with van der Waals surface area (Å²) in [4.78, 5) is 23.5. The molecular formula is C22H24O4. The van der Waals surface area contributed by atoms with Crippen molar-refractivity contribution < 1.29 is 19.4 Å². The summed E-state index contributed by atoms with van der Waals surface area (Å²) in [7, 11) is 0. The number of carboxylic acid groups (broad SMARTS) is 1. The number of carbonyl (C=O) groups excluding carboxylic acids is 1. The van der Waals surface area contributed by atoms with Gasteiger partial charge in [0.05, 0.1) is 0 Å². The Bertz CT molecular complexity index is 835. The van der Waals surface area contributed by atoms with Crippen molar-refractivity contribution in [3.8, 4) is 5.75 Å². The molecule has 0 saturated carbocycles. The molecule has 136 valence electrons. The number of ether oxygens (including phenoxy) is 1. The number of benzene rings is 2. The molecule has 26 heavy (non-hydrogen) atoms. The molecule has 0 radical (unpaired) electrons. The lowest BCUT2D eigenvalue weighted by Gasteiger charge is -2.24. The number of ketones is 1. The van der Waals surface area contributed by atoms with Gasteiger partial charge in [0.2, 0.25) is 0 Å². The lowest BCUT2D eigenvalue weighted by Crippen LogP contribution is -2.38. The molecular weight excluding hydrogens is 328 g/mol. The van der Waals surface area contributed by atoms with Gasteiger partial charge in [-0.15, -0.1) is 0 Å². The van der Waals surface area contributed by atoms with Crippen LogP contribution in [0.2, 0.25) is 0 Å². The number of hydrogen-bond donors (Lipinski definition) is 1. The molecule has 0 saturated heterocycles. The normalized spacial score (nSPS) is 11.6. The molecule has 0 bridgehead atoms. The zero-order valence-electron chi connectivity index (χ0n) is 15.8. The molecule has 0 aliphatic heterocycles. The Balaban J connectivity index is 2.23. The minimum atomic E-state index is -1.31. The number of hydrogen-bond acceptors (Lipinski definition) is 3. The van der Waals surface area contributed by atoms with Crippen LogP contribution in [0.1, 0.15) is 46.5 Å². The van der Waals surface area contributed by atoms with Gasteiger partial charge in [-0.2, -0.15) is 0 Å². The van der Waals surface area contributed by atoms with Crippen molar-refractivity contribution in [2.45, 2.75) is 40.2 Å². The summed E-state index contributed by atoms with van der Waals surface area (Å²) in [5.41, 5.74) is 2.94. The summed E-state index contributed by atoms with van der Waals surface area (Å²) in [6, 6.07) is 11.2. The predicted octanol–water partition coefficient (Wildman–Crippen LogP) is 4.75. The van der Waals surface area contributed by atoms with Crippen LogP contribution < -0.4 is 4.74 Å². The second-order valence-corrected chi connectivity index (χ2v) is 6.96. The number of aryl methyl sites for hydroxylation is 3. The molecule has 0 amide bonds. The third-order valence-corrected chi connectivity index (χ3v) is 4.12. The molecule has 0 aliphatic carbocycles. The quantitative estimate of drug-likeness (QED) is 0.602. The van der Waals surface area contributed by atoms with Gasteiger partial charge in [-0.05, 0) is 69.5 Å². The van der Waals surface area contributed by atoms with Crippen LogP contribution in [-0.2, 0) is 4.79 Å². The van der Waals surface area contributed by atoms with Crippen molar-refractivity contribution in [3.05, 3.63) is 70.3 Å². The van der Waals surface area contributed by atoms with Crippen molar-refractivity contribution >= 4 is 17.8 Å². The number of allylic oxidation sites excluding steroid dienone is 1. The van der Waals surface area contributed by atoms with E-state index in [0.29, 0.717) is 11.3 Å². The summed E-state index contributed by atoms with van der Waals surface area (Å²) in [5, 5.41) is 9.24. The molecule has 2 rings (SSSR count). The van der Waals surface area contributed by atoms with E-state index in [-0.39, 0.29) is 5.78 Å². The molecule has 0 heterocycles. The fourth-order valence-electron chi connectivity index (χ4n) is 2.53. The van der Waals surface area contributed by atoms with Gasteiger partial charge in [-0.25, -0.2) is 4.79 Å². The molecule has 0 aliphatic rings. The van der Waals surface area contributed by atoms with Gasteiger partial charge in [-0.1, -0.05) is 35.9 Å². The highest BCUT2D eigenvalue weighted by Crippen LogP contribution is 2.29. The Kier molecular flexibility index (Phi) is 5.66. The van der Waals surface area contributed by atoms with Gasteiger partial charge >= 0.3 is 5.97 Å². The minimum Gasteiger partial charge on any atom is -0.478 e. The number of rotatable bonds is 6. The monoisotopic (exact) mass is 352 g/mol. The molecule has 0 spiro atoms. The first-order valence-electron chi connectivity index (χ1n) is 8.43. The number of aliphatic carboxylic acids is 1. The Morgan fingerprint density at radius 3 is 2.04 bits per heavy atom. The molecule has 4 nitrogen and oxygen atoms in total. The Morgan fingerprint density at radius 2 is 1.54 bits per heavy atom. The SMILES string of the molecule is Cc1ccc(C(=O)/C=C/c2cc(C)c(OC(C)(C)C(=O)O)c(C)c2)cc1. The molecule has 0 unspecified atom stereocenters. The summed E-state index contributed by atoms with van der Waals surface area (Å²) in [6.07, 6.45) is 3.30. The second kappa shape index (κ2) is 7.56. The van der Waals surface area contributed by atoms with E-state index in [0.717, 1.165) is 22.3 Å². The van der Waals surface area contributed by atoms with Crippen LogP contribution in [0.25, 0.3) is 6.08 Å². The Labute approximate surface area is 154 Å². The van der Waals surface area contributed by atoms with E-state index >= 15 is 0 Å². The predicted molar refractivity (Wildman–Crippen MR) is 103 cm³/mol. The van der Waals surface area contributed by atoms with Crippen LogP contribution in [0.15, 0.2) is 42.5 Å². The van der Waals surface area contributed by atoms with Gasteiger partial charge in [0.1, 0.15) is 5.75 Å². The molecule has 1 N–H and O–H groups in total. The largest absolute Gasteiger partial charge is 0.478 e. The van der Waals surface area contributed by atoms with Crippen LogP contribution in [0.5, 0.6) is 5.75 Å². The van der Waals surface area contributed by atoms with Crippen LogP contribution in [0.4, 0.5) is 0 Å². The third kappa shape index (κ3) is 4.60. The van der Waals surface area contributed by atoms with E-state index in [1.54, 1.807) is 12.2 Å². The number of carbonyl (C=O) groups is 2. The van der Waals surface area contributed by atoms with Crippen LogP contribution >= 0.6 is 0 Å². The van der Waals surface area contributed by atoms with E-state index in [1.807, 2.05) is 57.2 Å². The zero-order valence-corrected chi connectivity index (χ0v) is 15.8. The van der Waals surface area contributed by atoms with Gasteiger partial charge in [0.25, 0.3) is 0 Å². The average molecular weight is 352 g/mol. The Morgan fingerprint density at radius 1 is 1.00 bits per heavy atom. The standard InChI is InChI=1S/C22H24O4/c1-14-6-9-18(10-7-14)19(23)11-8-17-12-15(2)20(16(3)13-17)26-22(4,5)21(24)25/h6-13H,1-5H3,(H,24,25)/b11-8+. The first-order valence-corrected chi connectivity index (χ1v) is 8.43. The second-order valence-electron chi connectivity index (χ2n) is 6.96. The van der Waals surface area contributed by atoms with E-state index in [4.69, 9.17) is 4.74 Å². The van der Waals surface area contributed by atoms with Crippen LogP contribution in [-0.4, -0.2) is 22.5 Å². The summed E-state index contributed by atoms with van der Waals surface area (Å²) >= 11 is 0. The first-order chi connectivity index (χ1) is 12.1. The van der Waals surface area contributed by atoms with E-state index in [1.165, 1.54) is 13.8 Å². The van der Waals surface area contributed by atoms with Crippen molar-refractivity contribution in [3.63, 3.8) is 0 Å². The van der Waals surface area contributed by atoms with Crippen LogP contribution in [0, 0.1) is 20.8 Å². The van der Waals surface area contributed by atoms with Crippen molar-refractivity contribution in [2.24, 2.45) is 0 Å². The van der Waals surface area contributed by atoms with Gasteiger partial charge < -0.3 is 9.84 Å². The molecule has 2 aromatic rings. The van der Waals surface area contributed by atoms with Crippen molar-refractivity contribution in [1.29, 1.82) is 0 Å². The van der Waals surface area contributed by atoms with E-state index < -0.39 is 11.6 Å². The maximum absolute atomic E-state index is 12.3. The highest BCUT2D eigenvalue weighted by Gasteiger charge is 2.30. The lowest BCUT2D eigenvalue weighted by atomic mass is 10.0. The maximum atomic E-state index is 12.3. The first kappa shape index (κ1) is 19.4. The van der Waals surface area contributed by atoms with E-state index in [9.17, 15) is 14.7 Å². The molecule has 0 aromatic heterocycles. The highest BCUT2D eigenvalue weighted by molar-refractivity contribution is 6.06. The minimum absolute atomic E-state index is 0.0624. The molecule has 0 fully saturated rings.